The lowest BCUT2D eigenvalue weighted by atomic mass is 9.82. The summed E-state index contributed by atoms with van der Waals surface area (Å²) in [5.41, 5.74) is 3.76. The second kappa shape index (κ2) is 6.10. The molecule has 1 saturated heterocycles. The SMILES string of the molecule is CC(C)C(=O)C1CCNC(c2ccc3c(c2)CCC=N3)C1. The summed E-state index contributed by atoms with van der Waals surface area (Å²) in [5.74, 6) is 0.779. The third kappa shape index (κ3) is 3.08. The van der Waals surface area contributed by atoms with Gasteiger partial charge in [0.2, 0.25) is 0 Å². The van der Waals surface area contributed by atoms with Crippen LogP contribution < -0.4 is 5.32 Å². The first-order valence-electron chi connectivity index (χ1n) is 8.07. The molecule has 1 aromatic carbocycles. The van der Waals surface area contributed by atoms with Crippen LogP contribution in [0.1, 0.15) is 50.3 Å². The van der Waals surface area contributed by atoms with Gasteiger partial charge in [-0.1, -0.05) is 26.0 Å². The van der Waals surface area contributed by atoms with Crippen LogP contribution in [-0.4, -0.2) is 18.5 Å². The quantitative estimate of drug-likeness (QED) is 0.921. The molecule has 0 radical (unpaired) electrons. The molecule has 0 aromatic heterocycles. The Labute approximate surface area is 126 Å². The standard InChI is InChI=1S/C18H24N2O/c1-12(2)18(21)15-7-9-20-17(11-15)14-5-6-16-13(10-14)4-3-8-19-16/h5-6,8,10,12,15,17,20H,3-4,7,9,11H2,1-2H3. The van der Waals surface area contributed by atoms with Gasteiger partial charge in [0.25, 0.3) is 0 Å². The topological polar surface area (TPSA) is 41.5 Å². The number of hydrogen-bond donors (Lipinski definition) is 1. The minimum atomic E-state index is 0.145. The van der Waals surface area contributed by atoms with Crippen molar-refractivity contribution >= 4 is 17.7 Å². The Balaban J connectivity index is 1.77. The zero-order valence-corrected chi connectivity index (χ0v) is 12.9. The average molecular weight is 284 g/mol. The first-order chi connectivity index (χ1) is 10.1. The lowest BCUT2D eigenvalue weighted by Gasteiger charge is -2.31. The molecule has 21 heavy (non-hydrogen) atoms. The number of aliphatic imine (C=N–C) groups is 1. The molecule has 2 heterocycles. The van der Waals surface area contributed by atoms with Crippen LogP contribution in [0.25, 0.3) is 0 Å². The lowest BCUT2D eigenvalue weighted by molar-refractivity contribution is -0.126. The normalized spacial score (nSPS) is 24.9. The maximum atomic E-state index is 12.3. The van der Waals surface area contributed by atoms with Crippen LogP contribution in [0.3, 0.4) is 0 Å². The van der Waals surface area contributed by atoms with Crippen molar-refractivity contribution in [1.29, 1.82) is 0 Å². The minimum absolute atomic E-state index is 0.145. The van der Waals surface area contributed by atoms with Gasteiger partial charge in [0.15, 0.2) is 0 Å². The molecule has 1 fully saturated rings. The summed E-state index contributed by atoms with van der Waals surface area (Å²) in [6, 6.07) is 6.88. The Morgan fingerprint density at radius 1 is 1.38 bits per heavy atom. The number of hydrogen-bond acceptors (Lipinski definition) is 3. The highest BCUT2D eigenvalue weighted by Crippen LogP contribution is 2.33. The fraction of sp³-hybridized carbons (Fsp3) is 0.556. The van der Waals surface area contributed by atoms with E-state index in [9.17, 15) is 4.79 Å². The van der Waals surface area contributed by atoms with Gasteiger partial charge in [-0.05, 0) is 49.4 Å². The van der Waals surface area contributed by atoms with E-state index < -0.39 is 0 Å². The maximum absolute atomic E-state index is 12.3. The average Bonchev–Trinajstić information content (AvgIpc) is 2.53. The summed E-state index contributed by atoms with van der Waals surface area (Å²) in [6.07, 6.45) is 6.01. The summed E-state index contributed by atoms with van der Waals surface area (Å²) in [7, 11) is 0. The van der Waals surface area contributed by atoms with Gasteiger partial charge in [-0.2, -0.15) is 0 Å². The number of carbonyl (C=O) groups excluding carboxylic acids is 1. The van der Waals surface area contributed by atoms with Gasteiger partial charge in [-0.3, -0.25) is 9.79 Å². The second-order valence-electron chi connectivity index (χ2n) is 6.52. The molecule has 3 heteroatoms. The van der Waals surface area contributed by atoms with Crippen molar-refractivity contribution in [2.45, 2.75) is 45.6 Å². The molecule has 1 aromatic rings. The number of Topliss-reactive ketones (excluding diaryl/α,β-unsaturated/α-hetero) is 1. The first kappa shape index (κ1) is 14.5. The molecule has 3 rings (SSSR count). The van der Waals surface area contributed by atoms with Gasteiger partial charge < -0.3 is 5.32 Å². The number of nitrogens with zero attached hydrogens (tertiary/aromatic N) is 1. The van der Waals surface area contributed by atoms with Crippen LogP contribution in [0.4, 0.5) is 5.69 Å². The van der Waals surface area contributed by atoms with Gasteiger partial charge >= 0.3 is 0 Å². The van der Waals surface area contributed by atoms with E-state index in [-0.39, 0.29) is 11.8 Å². The molecule has 1 N–H and O–H groups in total. The Morgan fingerprint density at radius 2 is 2.24 bits per heavy atom. The molecular weight excluding hydrogens is 260 g/mol. The van der Waals surface area contributed by atoms with E-state index >= 15 is 0 Å². The summed E-state index contributed by atoms with van der Waals surface area (Å²) >= 11 is 0. The first-order valence-corrected chi connectivity index (χ1v) is 8.07. The van der Waals surface area contributed by atoms with Gasteiger partial charge in [-0.25, -0.2) is 0 Å². The number of rotatable bonds is 3. The monoisotopic (exact) mass is 284 g/mol. The number of carbonyl (C=O) groups is 1. The third-order valence-electron chi connectivity index (χ3n) is 4.65. The largest absolute Gasteiger partial charge is 0.310 e. The smallest absolute Gasteiger partial charge is 0.138 e. The van der Waals surface area contributed by atoms with Crippen LogP contribution in [0.15, 0.2) is 23.2 Å². The summed E-state index contributed by atoms with van der Waals surface area (Å²) < 4.78 is 0. The highest BCUT2D eigenvalue weighted by atomic mass is 16.1. The van der Waals surface area contributed by atoms with Gasteiger partial charge in [0, 0.05) is 24.1 Å². The molecule has 0 aliphatic carbocycles. The summed E-state index contributed by atoms with van der Waals surface area (Å²) in [5, 5.41) is 3.58. The fourth-order valence-corrected chi connectivity index (χ4v) is 3.43. The van der Waals surface area contributed by atoms with Gasteiger partial charge in [-0.15, -0.1) is 0 Å². The van der Waals surface area contributed by atoms with Crippen LogP contribution >= 0.6 is 0 Å². The number of benzene rings is 1. The van der Waals surface area contributed by atoms with Crippen LogP contribution in [-0.2, 0) is 11.2 Å². The van der Waals surface area contributed by atoms with Gasteiger partial charge in [0.05, 0.1) is 5.69 Å². The van der Waals surface area contributed by atoms with Crippen molar-refractivity contribution in [3.05, 3.63) is 29.3 Å². The van der Waals surface area contributed by atoms with E-state index in [1.165, 1.54) is 11.1 Å². The summed E-state index contributed by atoms with van der Waals surface area (Å²) in [4.78, 5) is 16.7. The van der Waals surface area contributed by atoms with Crippen LogP contribution in [0.2, 0.25) is 0 Å². The molecule has 3 nitrogen and oxygen atoms in total. The molecule has 0 spiro atoms. The van der Waals surface area contributed by atoms with E-state index in [2.05, 4.69) is 28.5 Å². The van der Waals surface area contributed by atoms with E-state index in [0.29, 0.717) is 11.8 Å². The molecule has 2 unspecified atom stereocenters. The third-order valence-corrected chi connectivity index (χ3v) is 4.65. The van der Waals surface area contributed by atoms with E-state index in [1.807, 2.05) is 20.1 Å². The highest BCUT2D eigenvalue weighted by Gasteiger charge is 2.29. The van der Waals surface area contributed by atoms with Crippen LogP contribution in [0.5, 0.6) is 0 Å². The van der Waals surface area contributed by atoms with Crippen molar-refractivity contribution in [1.82, 2.24) is 5.32 Å². The molecule has 0 amide bonds. The van der Waals surface area contributed by atoms with Crippen LogP contribution in [0, 0.1) is 11.8 Å². The number of nitrogens with one attached hydrogen (secondary N) is 1. The van der Waals surface area contributed by atoms with Crippen molar-refractivity contribution in [3.8, 4) is 0 Å². The van der Waals surface area contributed by atoms with Crippen molar-refractivity contribution in [2.75, 3.05) is 6.54 Å². The van der Waals surface area contributed by atoms with Crippen molar-refractivity contribution in [3.63, 3.8) is 0 Å². The Hall–Kier alpha value is -1.48. The molecule has 112 valence electrons. The van der Waals surface area contributed by atoms with Crippen molar-refractivity contribution < 1.29 is 4.79 Å². The van der Waals surface area contributed by atoms with E-state index in [4.69, 9.17) is 0 Å². The Bertz CT molecular complexity index is 562. The molecular formula is C18H24N2O. The lowest BCUT2D eigenvalue weighted by Crippen LogP contribution is -2.36. The molecule has 0 saturated carbocycles. The molecule has 2 aliphatic heterocycles. The Morgan fingerprint density at radius 3 is 3.05 bits per heavy atom. The zero-order chi connectivity index (χ0) is 14.8. The predicted octanol–water partition coefficient (Wildman–Crippen LogP) is 3.60. The fourth-order valence-electron chi connectivity index (χ4n) is 3.43. The number of aryl methyl sites for hydroxylation is 1. The minimum Gasteiger partial charge on any atom is -0.310 e. The summed E-state index contributed by atoms with van der Waals surface area (Å²) in [6.45, 7) is 4.95. The van der Waals surface area contributed by atoms with E-state index in [0.717, 1.165) is 37.9 Å². The molecule has 2 atom stereocenters. The number of piperidine rings is 1. The number of ketones is 1. The molecule has 2 aliphatic rings. The van der Waals surface area contributed by atoms with E-state index in [1.54, 1.807) is 0 Å². The zero-order valence-electron chi connectivity index (χ0n) is 12.9. The highest BCUT2D eigenvalue weighted by molar-refractivity contribution is 5.83. The second-order valence-corrected chi connectivity index (χ2v) is 6.52. The van der Waals surface area contributed by atoms with Crippen molar-refractivity contribution in [2.24, 2.45) is 16.8 Å². The maximum Gasteiger partial charge on any atom is 0.138 e. The van der Waals surface area contributed by atoms with Gasteiger partial charge in [0.1, 0.15) is 5.78 Å². The number of fused-ring (bicyclic) bond motifs is 1. The predicted molar refractivity (Wildman–Crippen MR) is 86.2 cm³/mol. The molecule has 0 bridgehead atoms. The Kier molecular flexibility index (Phi) is 4.20.